The predicted octanol–water partition coefficient (Wildman–Crippen LogP) is 2.90. The van der Waals surface area contributed by atoms with Crippen molar-refractivity contribution in [1.82, 2.24) is 15.1 Å². The van der Waals surface area contributed by atoms with Gasteiger partial charge in [0.2, 0.25) is 5.91 Å². The number of rotatable bonds is 2. The summed E-state index contributed by atoms with van der Waals surface area (Å²) < 4.78 is 5.39. The number of nitrogens with zero attached hydrogens (tertiary/aromatic N) is 2. The maximum atomic E-state index is 12.6. The van der Waals surface area contributed by atoms with Gasteiger partial charge in [-0.05, 0) is 51.8 Å². The third-order valence-electron chi connectivity index (χ3n) is 3.89. The number of aromatic amines is 1. The molecular formula is C17H22N4O3. The molecule has 2 heterocycles. The summed E-state index contributed by atoms with van der Waals surface area (Å²) in [5.41, 5.74) is 0.947. The Morgan fingerprint density at radius 2 is 2.17 bits per heavy atom. The lowest BCUT2D eigenvalue weighted by atomic mass is 10.2. The van der Waals surface area contributed by atoms with Crippen molar-refractivity contribution in [2.24, 2.45) is 0 Å². The van der Waals surface area contributed by atoms with Gasteiger partial charge in [0, 0.05) is 17.6 Å². The van der Waals surface area contributed by atoms with Crippen molar-refractivity contribution in [1.29, 1.82) is 0 Å². The van der Waals surface area contributed by atoms with Gasteiger partial charge >= 0.3 is 6.09 Å². The van der Waals surface area contributed by atoms with Crippen molar-refractivity contribution < 1.29 is 14.3 Å². The average Bonchev–Trinajstić information content (AvgIpc) is 3.14. The van der Waals surface area contributed by atoms with Gasteiger partial charge in [0.25, 0.3) is 0 Å². The van der Waals surface area contributed by atoms with E-state index in [-0.39, 0.29) is 5.91 Å². The molecule has 1 aromatic carbocycles. The molecule has 3 rings (SSSR count). The second-order valence-electron chi connectivity index (χ2n) is 6.99. The van der Waals surface area contributed by atoms with E-state index < -0.39 is 17.7 Å². The van der Waals surface area contributed by atoms with Crippen LogP contribution >= 0.6 is 0 Å². The van der Waals surface area contributed by atoms with E-state index >= 15 is 0 Å². The van der Waals surface area contributed by atoms with Gasteiger partial charge in [-0.3, -0.25) is 14.8 Å². The molecule has 0 bridgehead atoms. The number of amides is 2. The van der Waals surface area contributed by atoms with E-state index in [1.807, 2.05) is 39.0 Å². The quantitative estimate of drug-likeness (QED) is 0.886. The van der Waals surface area contributed by atoms with Crippen LogP contribution in [0.5, 0.6) is 0 Å². The maximum absolute atomic E-state index is 12.6. The summed E-state index contributed by atoms with van der Waals surface area (Å²) in [6.07, 6.45) is 2.71. The molecule has 0 unspecified atom stereocenters. The van der Waals surface area contributed by atoms with Gasteiger partial charge in [0.05, 0.1) is 11.7 Å². The molecule has 0 aliphatic carbocycles. The van der Waals surface area contributed by atoms with Crippen LogP contribution in [0.3, 0.4) is 0 Å². The molecule has 1 aliphatic heterocycles. The number of anilines is 1. The lowest BCUT2D eigenvalue weighted by Crippen LogP contribution is -2.45. The highest BCUT2D eigenvalue weighted by atomic mass is 16.6. The van der Waals surface area contributed by atoms with Crippen LogP contribution in [0.1, 0.15) is 33.6 Å². The summed E-state index contributed by atoms with van der Waals surface area (Å²) in [5.74, 6) is -0.197. The number of ether oxygens (including phenoxy) is 1. The molecule has 128 valence electrons. The van der Waals surface area contributed by atoms with Gasteiger partial charge in [-0.1, -0.05) is 0 Å². The Morgan fingerprint density at radius 1 is 1.38 bits per heavy atom. The first-order valence-electron chi connectivity index (χ1n) is 8.07. The lowest BCUT2D eigenvalue weighted by molar-refractivity contribution is -0.120. The first-order valence-corrected chi connectivity index (χ1v) is 8.07. The molecule has 2 amide bonds. The number of carbonyl (C=O) groups excluding carboxylic acids is 2. The van der Waals surface area contributed by atoms with Crippen molar-refractivity contribution in [3.8, 4) is 0 Å². The fraction of sp³-hybridized carbons (Fsp3) is 0.471. The van der Waals surface area contributed by atoms with E-state index in [2.05, 4.69) is 15.5 Å². The zero-order valence-corrected chi connectivity index (χ0v) is 14.1. The van der Waals surface area contributed by atoms with Gasteiger partial charge in [-0.15, -0.1) is 0 Å². The Bertz CT molecular complexity index is 763. The summed E-state index contributed by atoms with van der Waals surface area (Å²) >= 11 is 0. The summed E-state index contributed by atoms with van der Waals surface area (Å²) in [6.45, 7) is 5.98. The monoisotopic (exact) mass is 330 g/mol. The van der Waals surface area contributed by atoms with E-state index in [1.54, 1.807) is 6.20 Å². The standard InChI is InChI=1S/C17H22N4O3/c1-17(2,3)24-16(23)21-8-4-5-14(21)15(22)19-12-7-6-11-10-18-20-13(11)9-12/h6-7,9-10,14H,4-5,8H2,1-3H3,(H,18,20)(H,19,22)/t14-/m0/s1. The van der Waals surface area contributed by atoms with Crippen LogP contribution in [0.4, 0.5) is 10.5 Å². The highest BCUT2D eigenvalue weighted by Gasteiger charge is 2.36. The highest BCUT2D eigenvalue weighted by Crippen LogP contribution is 2.23. The molecule has 1 atom stereocenters. The molecule has 1 aromatic heterocycles. The molecule has 2 N–H and O–H groups in total. The first-order chi connectivity index (χ1) is 11.3. The number of H-pyrrole nitrogens is 1. The minimum Gasteiger partial charge on any atom is -0.444 e. The average molecular weight is 330 g/mol. The maximum Gasteiger partial charge on any atom is 0.410 e. The predicted molar refractivity (Wildman–Crippen MR) is 90.7 cm³/mol. The Hall–Kier alpha value is -2.57. The van der Waals surface area contributed by atoms with E-state index in [1.165, 1.54) is 4.90 Å². The highest BCUT2D eigenvalue weighted by molar-refractivity contribution is 5.98. The number of aromatic nitrogens is 2. The van der Waals surface area contributed by atoms with Gasteiger partial charge in [-0.25, -0.2) is 4.79 Å². The molecular weight excluding hydrogens is 308 g/mol. The molecule has 1 saturated heterocycles. The van der Waals surface area contributed by atoms with E-state index in [9.17, 15) is 9.59 Å². The first kappa shape index (κ1) is 16.3. The van der Waals surface area contributed by atoms with Crippen molar-refractivity contribution in [3.63, 3.8) is 0 Å². The summed E-state index contributed by atoms with van der Waals surface area (Å²) in [6, 6.07) is 5.03. The van der Waals surface area contributed by atoms with E-state index in [4.69, 9.17) is 4.74 Å². The second-order valence-corrected chi connectivity index (χ2v) is 6.99. The van der Waals surface area contributed by atoms with Crippen LogP contribution in [-0.2, 0) is 9.53 Å². The van der Waals surface area contributed by atoms with Gasteiger partial charge in [0.1, 0.15) is 11.6 Å². The zero-order valence-electron chi connectivity index (χ0n) is 14.1. The van der Waals surface area contributed by atoms with Gasteiger partial charge in [-0.2, -0.15) is 5.10 Å². The second kappa shape index (κ2) is 6.14. The SMILES string of the molecule is CC(C)(C)OC(=O)N1CCC[C@H]1C(=O)Nc1ccc2cn[nH]c2c1. The van der Waals surface area contributed by atoms with Crippen LogP contribution < -0.4 is 5.32 Å². The van der Waals surface area contributed by atoms with Crippen LogP contribution in [0, 0.1) is 0 Å². The van der Waals surface area contributed by atoms with E-state index in [0.717, 1.165) is 17.3 Å². The Kier molecular flexibility index (Phi) is 4.17. The Labute approximate surface area is 140 Å². The zero-order chi connectivity index (χ0) is 17.3. The topological polar surface area (TPSA) is 87.3 Å². The van der Waals surface area contributed by atoms with Crippen molar-refractivity contribution >= 4 is 28.6 Å². The van der Waals surface area contributed by atoms with Crippen LogP contribution in [0.25, 0.3) is 10.9 Å². The van der Waals surface area contributed by atoms with Gasteiger partial charge in [0.15, 0.2) is 0 Å². The Morgan fingerprint density at radius 3 is 2.92 bits per heavy atom. The molecule has 1 fully saturated rings. The number of hydrogen-bond acceptors (Lipinski definition) is 4. The number of hydrogen-bond donors (Lipinski definition) is 2. The molecule has 7 nitrogen and oxygen atoms in total. The fourth-order valence-electron chi connectivity index (χ4n) is 2.82. The number of likely N-dealkylation sites (tertiary alicyclic amines) is 1. The van der Waals surface area contributed by atoms with Crippen LogP contribution in [-0.4, -0.2) is 45.3 Å². The fourth-order valence-corrected chi connectivity index (χ4v) is 2.82. The third kappa shape index (κ3) is 3.50. The van der Waals surface area contributed by atoms with E-state index in [0.29, 0.717) is 18.7 Å². The van der Waals surface area contributed by atoms with Crippen molar-refractivity contribution in [2.45, 2.75) is 45.3 Å². The summed E-state index contributed by atoms with van der Waals surface area (Å²) in [7, 11) is 0. The molecule has 0 radical (unpaired) electrons. The lowest BCUT2D eigenvalue weighted by Gasteiger charge is -2.28. The summed E-state index contributed by atoms with van der Waals surface area (Å²) in [5, 5.41) is 10.7. The molecule has 24 heavy (non-hydrogen) atoms. The smallest absolute Gasteiger partial charge is 0.410 e. The largest absolute Gasteiger partial charge is 0.444 e. The number of nitrogens with one attached hydrogen (secondary N) is 2. The molecule has 2 aromatic rings. The number of fused-ring (bicyclic) bond motifs is 1. The molecule has 0 saturated carbocycles. The molecule has 1 aliphatic rings. The minimum atomic E-state index is -0.577. The van der Waals surface area contributed by atoms with Gasteiger partial charge < -0.3 is 10.1 Å². The normalized spacial score (nSPS) is 18.0. The number of carbonyl (C=O) groups is 2. The third-order valence-corrected chi connectivity index (χ3v) is 3.89. The van der Waals surface area contributed by atoms with Crippen molar-refractivity contribution in [3.05, 3.63) is 24.4 Å². The van der Waals surface area contributed by atoms with Crippen LogP contribution in [0.15, 0.2) is 24.4 Å². The number of benzene rings is 1. The molecule has 0 spiro atoms. The Balaban J connectivity index is 1.70. The molecule has 7 heteroatoms. The summed E-state index contributed by atoms with van der Waals surface area (Å²) in [4.78, 5) is 26.4. The van der Waals surface area contributed by atoms with Crippen LogP contribution in [0.2, 0.25) is 0 Å². The minimum absolute atomic E-state index is 0.197. The van der Waals surface area contributed by atoms with Crippen molar-refractivity contribution in [2.75, 3.05) is 11.9 Å².